The van der Waals surface area contributed by atoms with Crippen molar-refractivity contribution < 1.29 is 14.8 Å². The first kappa shape index (κ1) is 14.6. The van der Waals surface area contributed by atoms with Crippen molar-refractivity contribution in [2.24, 2.45) is 0 Å². The van der Waals surface area contributed by atoms with E-state index in [0.717, 1.165) is 18.5 Å². The zero-order chi connectivity index (χ0) is 14.5. The summed E-state index contributed by atoms with van der Waals surface area (Å²) in [7, 11) is 1.49. The molecule has 0 saturated heterocycles. The Hall–Kier alpha value is -1.82. The molecule has 6 heteroatoms. The fraction of sp³-hybridized carbons (Fsp3) is 0.571. The number of aliphatic hydroxyl groups excluding tert-OH is 1. The molecule has 1 aliphatic carbocycles. The number of methoxy groups -OCH3 is 1. The maximum absolute atomic E-state index is 11.0. The minimum absolute atomic E-state index is 0.0142. The van der Waals surface area contributed by atoms with Crippen LogP contribution in [-0.2, 0) is 0 Å². The van der Waals surface area contributed by atoms with Crippen molar-refractivity contribution in [3.05, 3.63) is 28.3 Å². The van der Waals surface area contributed by atoms with Crippen LogP contribution in [0, 0.1) is 10.1 Å². The third kappa shape index (κ3) is 3.19. The van der Waals surface area contributed by atoms with Gasteiger partial charge in [-0.15, -0.1) is 0 Å². The molecular weight excluding hydrogens is 260 g/mol. The van der Waals surface area contributed by atoms with Gasteiger partial charge in [-0.2, -0.15) is 0 Å². The van der Waals surface area contributed by atoms with Gasteiger partial charge in [-0.1, -0.05) is 12.8 Å². The summed E-state index contributed by atoms with van der Waals surface area (Å²) in [5.74, 6) is 0.468. The van der Waals surface area contributed by atoms with Gasteiger partial charge in [0.2, 0.25) is 0 Å². The second-order valence-corrected chi connectivity index (χ2v) is 5.00. The van der Waals surface area contributed by atoms with Crippen LogP contribution in [-0.4, -0.2) is 36.3 Å². The van der Waals surface area contributed by atoms with Crippen LogP contribution < -0.4 is 9.64 Å². The predicted octanol–water partition coefficient (Wildman–Crippen LogP) is 2.34. The van der Waals surface area contributed by atoms with Gasteiger partial charge in [-0.3, -0.25) is 10.1 Å². The predicted molar refractivity (Wildman–Crippen MR) is 76.3 cm³/mol. The Bertz CT molecular complexity index is 472. The molecule has 0 bridgehead atoms. The molecule has 1 fully saturated rings. The van der Waals surface area contributed by atoms with Crippen molar-refractivity contribution >= 4 is 11.4 Å². The monoisotopic (exact) mass is 280 g/mol. The number of hydrogen-bond acceptors (Lipinski definition) is 5. The van der Waals surface area contributed by atoms with Crippen molar-refractivity contribution in [2.45, 2.75) is 31.7 Å². The number of rotatable bonds is 6. The molecule has 0 amide bonds. The van der Waals surface area contributed by atoms with Crippen LogP contribution in [0.3, 0.4) is 0 Å². The summed E-state index contributed by atoms with van der Waals surface area (Å²) in [6, 6.07) is 5.10. The summed E-state index contributed by atoms with van der Waals surface area (Å²) < 4.78 is 5.14. The number of anilines is 1. The van der Waals surface area contributed by atoms with Gasteiger partial charge in [0.25, 0.3) is 5.69 Å². The molecule has 2 rings (SSSR count). The number of nitro benzene ring substituents is 1. The Morgan fingerprint density at radius 2 is 2.10 bits per heavy atom. The van der Waals surface area contributed by atoms with Gasteiger partial charge >= 0.3 is 0 Å². The molecule has 0 aromatic heterocycles. The smallest absolute Gasteiger partial charge is 0.275 e. The number of hydrogen-bond donors (Lipinski definition) is 1. The summed E-state index contributed by atoms with van der Waals surface area (Å²) >= 11 is 0. The minimum Gasteiger partial charge on any atom is -0.496 e. The fourth-order valence-electron chi connectivity index (χ4n) is 2.80. The van der Waals surface area contributed by atoms with E-state index in [0.29, 0.717) is 18.3 Å². The van der Waals surface area contributed by atoms with Crippen molar-refractivity contribution in [3.8, 4) is 5.75 Å². The van der Waals surface area contributed by atoms with Crippen LogP contribution in [0.25, 0.3) is 0 Å². The summed E-state index contributed by atoms with van der Waals surface area (Å²) in [5.41, 5.74) is 0.761. The number of nitro groups is 1. The molecule has 6 nitrogen and oxygen atoms in total. The van der Waals surface area contributed by atoms with E-state index in [1.165, 1.54) is 26.0 Å². The highest BCUT2D eigenvalue weighted by molar-refractivity contribution is 5.58. The van der Waals surface area contributed by atoms with Gasteiger partial charge < -0.3 is 14.7 Å². The second kappa shape index (κ2) is 6.56. The molecule has 0 heterocycles. The van der Waals surface area contributed by atoms with Crippen LogP contribution in [0.15, 0.2) is 18.2 Å². The third-order valence-corrected chi connectivity index (χ3v) is 3.76. The number of aliphatic hydroxyl groups is 1. The van der Waals surface area contributed by atoms with E-state index in [9.17, 15) is 15.2 Å². The molecule has 110 valence electrons. The van der Waals surface area contributed by atoms with E-state index in [-0.39, 0.29) is 12.3 Å². The van der Waals surface area contributed by atoms with Gasteiger partial charge in [-0.25, -0.2) is 0 Å². The van der Waals surface area contributed by atoms with Gasteiger partial charge in [0.15, 0.2) is 0 Å². The normalized spacial score (nSPS) is 15.3. The SMILES string of the molecule is COc1cc(N(CCO)C2CCCC2)cc([N+](=O)[O-])c1. The van der Waals surface area contributed by atoms with Crippen molar-refractivity contribution in [1.29, 1.82) is 0 Å². The average molecular weight is 280 g/mol. The molecule has 1 aromatic rings. The molecule has 0 unspecified atom stereocenters. The van der Waals surface area contributed by atoms with E-state index in [1.54, 1.807) is 12.1 Å². The highest BCUT2D eigenvalue weighted by Gasteiger charge is 2.24. The molecule has 0 spiro atoms. The Kier molecular flexibility index (Phi) is 4.79. The lowest BCUT2D eigenvalue weighted by Crippen LogP contribution is -2.35. The standard InChI is InChI=1S/C14H20N2O4/c1-20-14-9-12(8-13(10-14)16(18)19)15(6-7-17)11-4-2-3-5-11/h8-11,17H,2-7H2,1H3. The van der Waals surface area contributed by atoms with Gasteiger partial charge in [0, 0.05) is 30.4 Å². The van der Waals surface area contributed by atoms with E-state index in [2.05, 4.69) is 4.90 Å². The zero-order valence-corrected chi connectivity index (χ0v) is 11.6. The molecule has 0 aliphatic heterocycles. The van der Waals surface area contributed by atoms with Gasteiger partial charge in [0.1, 0.15) is 5.75 Å². The van der Waals surface area contributed by atoms with E-state index in [1.807, 2.05) is 0 Å². The third-order valence-electron chi connectivity index (χ3n) is 3.76. The highest BCUT2D eigenvalue weighted by Crippen LogP contribution is 2.33. The van der Waals surface area contributed by atoms with Crippen LogP contribution in [0.1, 0.15) is 25.7 Å². The number of benzene rings is 1. The highest BCUT2D eigenvalue weighted by atomic mass is 16.6. The molecule has 20 heavy (non-hydrogen) atoms. The van der Waals surface area contributed by atoms with Crippen LogP contribution in [0.5, 0.6) is 5.75 Å². The minimum atomic E-state index is -0.419. The molecule has 1 aliphatic rings. The van der Waals surface area contributed by atoms with E-state index < -0.39 is 4.92 Å². The lowest BCUT2D eigenvalue weighted by molar-refractivity contribution is -0.384. The number of non-ortho nitro benzene ring substituents is 1. The Morgan fingerprint density at radius 1 is 1.40 bits per heavy atom. The first-order valence-electron chi connectivity index (χ1n) is 6.86. The van der Waals surface area contributed by atoms with Crippen molar-refractivity contribution in [2.75, 3.05) is 25.2 Å². The maximum atomic E-state index is 11.0. The van der Waals surface area contributed by atoms with Crippen LogP contribution in [0.2, 0.25) is 0 Å². The molecule has 1 saturated carbocycles. The second-order valence-electron chi connectivity index (χ2n) is 5.00. The van der Waals surface area contributed by atoms with E-state index >= 15 is 0 Å². The van der Waals surface area contributed by atoms with Crippen LogP contribution >= 0.6 is 0 Å². The van der Waals surface area contributed by atoms with Crippen molar-refractivity contribution in [3.63, 3.8) is 0 Å². The topological polar surface area (TPSA) is 75.8 Å². The average Bonchev–Trinajstić information content (AvgIpc) is 2.98. The molecule has 1 N–H and O–H groups in total. The molecule has 1 aromatic carbocycles. The summed E-state index contributed by atoms with van der Waals surface area (Å²) in [4.78, 5) is 12.6. The maximum Gasteiger partial charge on any atom is 0.275 e. The van der Waals surface area contributed by atoms with Gasteiger partial charge in [-0.05, 0) is 12.8 Å². The first-order valence-corrected chi connectivity index (χ1v) is 6.86. The first-order chi connectivity index (χ1) is 9.65. The summed E-state index contributed by atoms with van der Waals surface area (Å²) in [6.07, 6.45) is 4.45. The quantitative estimate of drug-likeness (QED) is 0.639. The lowest BCUT2D eigenvalue weighted by Gasteiger charge is -2.30. The lowest BCUT2D eigenvalue weighted by atomic mass is 10.1. The Morgan fingerprint density at radius 3 is 2.65 bits per heavy atom. The molecular formula is C14H20N2O4. The van der Waals surface area contributed by atoms with E-state index in [4.69, 9.17) is 4.74 Å². The number of ether oxygens (including phenoxy) is 1. The van der Waals surface area contributed by atoms with Crippen molar-refractivity contribution in [1.82, 2.24) is 0 Å². The van der Waals surface area contributed by atoms with Gasteiger partial charge in [0.05, 0.1) is 24.7 Å². The zero-order valence-electron chi connectivity index (χ0n) is 11.6. The van der Waals surface area contributed by atoms with Crippen LogP contribution in [0.4, 0.5) is 11.4 Å². The number of nitrogens with zero attached hydrogens (tertiary/aromatic N) is 2. The summed E-state index contributed by atoms with van der Waals surface area (Å²) in [6.45, 7) is 0.510. The molecule has 0 atom stereocenters. The molecule has 0 radical (unpaired) electrons. The Labute approximate surface area is 118 Å². The fourth-order valence-corrected chi connectivity index (χ4v) is 2.80. The largest absolute Gasteiger partial charge is 0.496 e. The summed E-state index contributed by atoms with van der Waals surface area (Å²) in [5, 5.41) is 20.3. The Balaban J connectivity index is 2.35.